The van der Waals surface area contributed by atoms with Gasteiger partial charge >= 0.3 is 0 Å². The number of thioether (sulfide) groups is 1. The maximum Gasteiger partial charge on any atom is 0.277 e. The van der Waals surface area contributed by atoms with Crippen LogP contribution in [0.3, 0.4) is 0 Å². The summed E-state index contributed by atoms with van der Waals surface area (Å²) in [6.07, 6.45) is 2.76. The minimum atomic E-state index is -2.98. The zero-order valence-corrected chi connectivity index (χ0v) is 14.7. The Bertz CT molecular complexity index is 673. The number of carbonyl (C=O) groups is 1. The predicted octanol–water partition coefficient (Wildman–Crippen LogP) is 1.32. The van der Waals surface area contributed by atoms with Gasteiger partial charge in [-0.2, -0.15) is 0 Å². The molecule has 2 saturated heterocycles. The molecule has 2 aliphatic rings. The van der Waals surface area contributed by atoms with Crippen LogP contribution in [0.2, 0.25) is 0 Å². The van der Waals surface area contributed by atoms with Crippen LogP contribution in [0.4, 0.5) is 0 Å². The van der Waals surface area contributed by atoms with Crippen LogP contribution < -0.4 is 0 Å². The molecule has 1 amide bonds. The molecule has 0 spiro atoms. The van der Waals surface area contributed by atoms with E-state index in [9.17, 15) is 13.2 Å². The molecular weight excluding hydrogens is 338 g/mol. The molecule has 2 atom stereocenters. The molecule has 1 aromatic heterocycles. The van der Waals surface area contributed by atoms with Gasteiger partial charge in [0.2, 0.25) is 11.8 Å². The third kappa shape index (κ3) is 4.26. The summed E-state index contributed by atoms with van der Waals surface area (Å²) < 4.78 is 28.5. The molecule has 1 aromatic rings. The van der Waals surface area contributed by atoms with Crippen LogP contribution in [-0.2, 0) is 14.6 Å². The average molecular weight is 359 g/mol. The van der Waals surface area contributed by atoms with E-state index in [1.807, 2.05) is 4.90 Å². The third-order valence-corrected chi connectivity index (χ3v) is 6.90. The van der Waals surface area contributed by atoms with Crippen molar-refractivity contribution < 1.29 is 17.6 Å². The lowest BCUT2D eigenvalue weighted by atomic mass is 10.0. The van der Waals surface area contributed by atoms with Gasteiger partial charge in [-0.05, 0) is 25.2 Å². The van der Waals surface area contributed by atoms with Gasteiger partial charge < -0.3 is 9.32 Å². The third-order valence-electron chi connectivity index (χ3n) is 4.33. The van der Waals surface area contributed by atoms with Crippen molar-refractivity contribution in [3.8, 4) is 0 Å². The van der Waals surface area contributed by atoms with Gasteiger partial charge in [0, 0.05) is 13.1 Å². The first-order valence-electron chi connectivity index (χ1n) is 7.87. The minimum Gasteiger partial charge on any atom is -0.416 e. The van der Waals surface area contributed by atoms with Crippen molar-refractivity contribution in [1.29, 1.82) is 0 Å². The Balaban J connectivity index is 1.52. The topological polar surface area (TPSA) is 93.4 Å². The minimum absolute atomic E-state index is 0.0733. The number of rotatable bonds is 4. The van der Waals surface area contributed by atoms with E-state index in [1.54, 1.807) is 0 Å². The summed E-state index contributed by atoms with van der Waals surface area (Å²) >= 11 is 1.22. The molecule has 0 unspecified atom stereocenters. The largest absolute Gasteiger partial charge is 0.416 e. The molecule has 3 rings (SSSR count). The smallest absolute Gasteiger partial charge is 0.277 e. The Labute approximate surface area is 140 Å². The maximum atomic E-state index is 12.2. The number of hydrogen-bond donors (Lipinski definition) is 0. The molecule has 0 bridgehead atoms. The first kappa shape index (κ1) is 16.8. The zero-order valence-electron chi connectivity index (χ0n) is 13.1. The predicted molar refractivity (Wildman–Crippen MR) is 86.0 cm³/mol. The molecule has 23 heavy (non-hydrogen) atoms. The highest BCUT2D eigenvalue weighted by molar-refractivity contribution is 7.99. The summed E-state index contributed by atoms with van der Waals surface area (Å²) in [7, 11) is -2.98. The Morgan fingerprint density at radius 1 is 1.39 bits per heavy atom. The lowest BCUT2D eigenvalue weighted by Gasteiger charge is -2.30. The summed E-state index contributed by atoms with van der Waals surface area (Å²) in [5.74, 6) is 1.32. The fraction of sp³-hybridized carbons (Fsp3) is 0.786. The number of piperidine rings is 1. The number of aromatic nitrogens is 2. The lowest BCUT2D eigenvalue weighted by Crippen LogP contribution is -2.40. The normalized spacial score (nSPS) is 27.3. The summed E-state index contributed by atoms with van der Waals surface area (Å²) in [6.45, 7) is 3.79. The molecule has 0 N–H and O–H groups in total. The van der Waals surface area contributed by atoms with Crippen molar-refractivity contribution in [3.63, 3.8) is 0 Å². The SMILES string of the molecule is C[C@H]1CCCN(C(=O)CSc2nnc([C@@H]3CCS(=O)(=O)C3)o2)C1. The summed E-state index contributed by atoms with van der Waals surface area (Å²) in [5, 5.41) is 8.20. The summed E-state index contributed by atoms with van der Waals surface area (Å²) in [4.78, 5) is 14.1. The monoisotopic (exact) mass is 359 g/mol. The second-order valence-electron chi connectivity index (χ2n) is 6.38. The standard InChI is InChI=1S/C14H21N3O4S2/c1-10-3-2-5-17(7-10)12(18)8-22-14-16-15-13(21-14)11-4-6-23(19,20)9-11/h10-11H,2-9H2,1H3/t10-,11+/m0/s1. The Hall–Kier alpha value is -1.09. The van der Waals surface area contributed by atoms with Crippen LogP contribution in [-0.4, -0.2) is 59.8 Å². The molecule has 128 valence electrons. The number of hydrogen-bond acceptors (Lipinski definition) is 7. The second kappa shape index (κ2) is 6.80. The van der Waals surface area contributed by atoms with Crippen LogP contribution in [0, 0.1) is 5.92 Å². The number of likely N-dealkylation sites (tertiary alicyclic amines) is 1. The van der Waals surface area contributed by atoms with E-state index in [0.717, 1.165) is 19.5 Å². The molecule has 0 aliphatic carbocycles. The van der Waals surface area contributed by atoms with Crippen LogP contribution in [0.1, 0.15) is 38.0 Å². The van der Waals surface area contributed by atoms with Gasteiger partial charge in [0.25, 0.3) is 5.22 Å². The van der Waals surface area contributed by atoms with Gasteiger partial charge in [-0.25, -0.2) is 8.42 Å². The van der Waals surface area contributed by atoms with Gasteiger partial charge in [0.1, 0.15) is 0 Å². The molecular formula is C14H21N3O4S2. The Kier molecular flexibility index (Phi) is 4.96. The fourth-order valence-corrected chi connectivity index (χ4v) is 5.47. The van der Waals surface area contributed by atoms with E-state index in [4.69, 9.17) is 4.42 Å². The number of amides is 1. The zero-order chi connectivity index (χ0) is 16.4. The van der Waals surface area contributed by atoms with Crippen molar-refractivity contribution in [3.05, 3.63) is 5.89 Å². The average Bonchev–Trinajstić information content (AvgIpc) is 3.11. The van der Waals surface area contributed by atoms with E-state index in [1.165, 1.54) is 18.2 Å². The summed E-state index contributed by atoms with van der Waals surface area (Å²) in [6, 6.07) is 0. The number of carbonyl (C=O) groups excluding carboxylic acids is 1. The molecule has 2 fully saturated rings. The van der Waals surface area contributed by atoms with Crippen molar-refractivity contribution in [2.45, 2.75) is 37.3 Å². The van der Waals surface area contributed by atoms with Crippen molar-refractivity contribution >= 4 is 27.5 Å². The highest BCUT2D eigenvalue weighted by atomic mass is 32.2. The Morgan fingerprint density at radius 2 is 2.22 bits per heavy atom. The first-order chi connectivity index (χ1) is 10.9. The summed E-state index contributed by atoms with van der Waals surface area (Å²) in [5.41, 5.74) is 0. The molecule has 0 aromatic carbocycles. The van der Waals surface area contributed by atoms with Crippen LogP contribution in [0.25, 0.3) is 0 Å². The lowest BCUT2D eigenvalue weighted by molar-refractivity contribution is -0.130. The molecule has 0 saturated carbocycles. The van der Waals surface area contributed by atoms with Crippen LogP contribution in [0.5, 0.6) is 0 Å². The molecule has 0 radical (unpaired) electrons. The van der Waals surface area contributed by atoms with Crippen molar-refractivity contribution in [2.75, 3.05) is 30.3 Å². The van der Waals surface area contributed by atoms with Crippen LogP contribution in [0.15, 0.2) is 9.64 Å². The second-order valence-corrected chi connectivity index (χ2v) is 9.54. The van der Waals surface area contributed by atoms with E-state index in [-0.39, 0.29) is 29.1 Å². The van der Waals surface area contributed by atoms with E-state index >= 15 is 0 Å². The quantitative estimate of drug-likeness (QED) is 0.748. The maximum absolute atomic E-state index is 12.2. The molecule has 2 aliphatic heterocycles. The van der Waals surface area contributed by atoms with Crippen molar-refractivity contribution in [2.24, 2.45) is 5.92 Å². The van der Waals surface area contributed by atoms with E-state index in [0.29, 0.717) is 23.5 Å². The van der Waals surface area contributed by atoms with Gasteiger partial charge in [0.15, 0.2) is 9.84 Å². The fourth-order valence-electron chi connectivity index (χ4n) is 3.06. The van der Waals surface area contributed by atoms with E-state index in [2.05, 4.69) is 17.1 Å². The van der Waals surface area contributed by atoms with Gasteiger partial charge in [-0.1, -0.05) is 18.7 Å². The van der Waals surface area contributed by atoms with E-state index < -0.39 is 9.84 Å². The van der Waals surface area contributed by atoms with Crippen molar-refractivity contribution in [1.82, 2.24) is 15.1 Å². The molecule has 3 heterocycles. The highest BCUT2D eigenvalue weighted by Crippen LogP contribution is 2.29. The first-order valence-corrected chi connectivity index (χ1v) is 10.7. The molecule has 9 heteroatoms. The highest BCUT2D eigenvalue weighted by Gasteiger charge is 2.33. The number of nitrogens with zero attached hydrogens (tertiary/aromatic N) is 3. The Morgan fingerprint density at radius 3 is 2.91 bits per heavy atom. The number of sulfone groups is 1. The molecule has 7 nitrogen and oxygen atoms in total. The van der Waals surface area contributed by atoms with Crippen LogP contribution >= 0.6 is 11.8 Å². The van der Waals surface area contributed by atoms with Gasteiger partial charge in [0.05, 0.1) is 23.2 Å². The van der Waals surface area contributed by atoms with Gasteiger partial charge in [-0.3, -0.25) is 4.79 Å². The van der Waals surface area contributed by atoms with Gasteiger partial charge in [-0.15, -0.1) is 10.2 Å².